The van der Waals surface area contributed by atoms with Gasteiger partial charge >= 0.3 is 17.9 Å². The molecule has 2 rings (SSSR count). The molecule has 0 amide bonds. The molecule has 2 N–H and O–H groups in total. The molecule has 0 bridgehead atoms. The smallest absolute Gasteiger partial charge is 0.336 e. The quantitative estimate of drug-likeness (QED) is 0.529. The molecule has 150 valence electrons. The minimum atomic E-state index is -1.20. The molecule has 9 heteroatoms. The van der Waals surface area contributed by atoms with E-state index >= 15 is 0 Å². The Morgan fingerprint density at radius 2 is 1.68 bits per heavy atom. The van der Waals surface area contributed by atoms with Crippen molar-refractivity contribution in [3.8, 4) is 0 Å². The molecule has 1 aliphatic heterocycles. The lowest BCUT2D eigenvalue weighted by Gasteiger charge is -2.30. The third-order valence-electron chi connectivity index (χ3n) is 4.12. The molecular formula is C19H19Cl2NO6. The minimum Gasteiger partial charge on any atom is -0.478 e. The molecule has 0 saturated carbocycles. The monoisotopic (exact) mass is 427 g/mol. The standard InChI is InChI=1S/C19H19Cl2NO6/c1-9-14(18(24)25)16(12-5-4-6-13(20)17(12)21)15(10(2)22-9)19(26)28-8-7-27-11(3)23/h4-6,16,22H,7-8H2,1-3H3,(H,24,25). The topological polar surface area (TPSA) is 102 Å². The van der Waals surface area contributed by atoms with Crippen LogP contribution in [0, 0.1) is 0 Å². The summed E-state index contributed by atoms with van der Waals surface area (Å²) in [6, 6.07) is 4.80. The first-order chi connectivity index (χ1) is 13.1. The van der Waals surface area contributed by atoms with Crippen LogP contribution in [0.5, 0.6) is 0 Å². The predicted octanol–water partition coefficient (Wildman–Crippen LogP) is 3.42. The van der Waals surface area contributed by atoms with Gasteiger partial charge in [0, 0.05) is 18.3 Å². The van der Waals surface area contributed by atoms with Crippen molar-refractivity contribution in [3.05, 3.63) is 56.3 Å². The lowest BCUT2D eigenvalue weighted by molar-refractivity contribution is -0.148. The van der Waals surface area contributed by atoms with E-state index in [-0.39, 0.29) is 34.4 Å². The Balaban J connectivity index is 2.47. The molecule has 1 aliphatic rings. The molecule has 28 heavy (non-hydrogen) atoms. The van der Waals surface area contributed by atoms with Crippen molar-refractivity contribution in [1.82, 2.24) is 5.32 Å². The normalized spacial score (nSPS) is 16.5. The maximum atomic E-state index is 12.8. The van der Waals surface area contributed by atoms with E-state index in [1.807, 2.05) is 0 Å². The Bertz CT molecular complexity index is 890. The summed E-state index contributed by atoms with van der Waals surface area (Å²) >= 11 is 12.4. The first kappa shape index (κ1) is 21.8. The van der Waals surface area contributed by atoms with E-state index in [0.717, 1.165) is 0 Å². The van der Waals surface area contributed by atoms with Gasteiger partial charge in [-0.2, -0.15) is 0 Å². The summed E-state index contributed by atoms with van der Waals surface area (Å²) in [5.41, 5.74) is 1.24. The zero-order chi connectivity index (χ0) is 21.0. The Morgan fingerprint density at radius 1 is 1.07 bits per heavy atom. The molecule has 0 fully saturated rings. The van der Waals surface area contributed by atoms with Crippen LogP contribution in [0.3, 0.4) is 0 Å². The molecule has 1 heterocycles. The highest BCUT2D eigenvalue weighted by atomic mass is 35.5. The highest BCUT2D eigenvalue weighted by molar-refractivity contribution is 6.42. The number of halogens is 2. The van der Waals surface area contributed by atoms with Gasteiger partial charge in [0.25, 0.3) is 0 Å². The predicted molar refractivity (Wildman–Crippen MR) is 103 cm³/mol. The first-order valence-corrected chi connectivity index (χ1v) is 9.07. The second-order valence-electron chi connectivity index (χ2n) is 6.06. The molecule has 0 saturated heterocycles. The van der Waals surface area contributed by atoms with Crippen LogP contribution < -0.4 is 5.32 Å². The van der Waals surface area contributed by atoms with E-state index in [0.29, 0.717) is 17.0 Å². The zero-order valence-electron chi connectivity index (χ0n) is 15.5. The van der Waals surface area contributed by atoms with Crippen LogP contribution >= 0.6 is 23.2 Å². The van der Waals surface area contributed by atoms with E-state index < -0.39 is 23.8 Å². The van der Waals surface area contributed by atoms with E-state index in [4.69, 9.17) is 32.7 Å². The number of carboxylic acids is 1. The van der Waals surface area contributed by atoms with Crippen LogP contribution in [-0.4, -0.2) is 36.2 Å². The Hall–Kier alpha value is -2.51. The number of carbonyl (C=O) groups excluding carboxylic acids is 2. The number of ether oxygens (including phenoxy) is 2. The van der Waals surface area contributed by atoms with Crippen molar-refractivity contribution in [2.24, 2.45) is 0 Å². The van der Waals surface area contributed by atoms with Gasteiger partial charge in [-0.1, -0.05) is 35.3 Å². The number of nitrogens with one attached hydrogen (secondary N) is 1. The number of hydrogen-bond acceptors (Lipinski definition) is 6. The number of allylic oxidation sites excluding steroid dienone is 2. The van der Waals surface area contributed by atoms with Crippen molar-refractivity contribution in [2.45, 2.75) is 26.7 Å². The summed E-state index contributed by atoms with van der Waals surface area (Å²) in [5, 5.41) is 13.0. The van der Waals surface area contributed by atoms with Crippen molar-refractivity contribution < 1.29 is 29.0 Å². The molecular weight excluding hydrogens is 409 g/mol. The van der Waals surface area contributed by atoms with Gasteiger partial charge in [0.05, 0.1) is 27.1 Å². The number of esters is 2. The van der Waals surface area contributed by atoms with Gasteiger partial charge in [-0.05, 0) is 25.5 Å². The van der Waals surface area contributed by atoms with Crippen molar-refractivity contribution in [2.75, 3.05) is 13.2 Å². The van der Waals surface area contributed by atoms with E-state index in [2.05, 4.69) is 5.32 Å². The SMILES string of the molecule is CC(=O)OCCOC(=O)C1=C(C)NC(C)=C(C(=O)O)C1c1cccc(Cl)c1Cl. The number of carbonyl (C=O) groups is 3. The number of benzene rings is 1. The van der Waals surface area contributed by atoms with Crippen molar-refractivity contribution in [3.63, 3.8) is 0 Å². The average Bonchev–Trinajstić information content (AvgIpc) is 2.59. The average molecular weight is 428 g/mol. The first-order valence-electron chi connectivity index (χ1n) is 8.31. The minimum absolute atomic E-state index is 0.0401. The van der Waals surface area contributed by atoms with Gasteiger partial charge in [-0.25, -0.2) is 9.59 Å². The molecule has 0 aliphatic carbocycles. The van der Waals surface area contributed by atoms with Crippen LogP contribution in [0.4, 0.5) is 0 Å². The van der Waals surface area contributed by atoms with Gasteiger partial charge in [0.15, 0.2) is 0 Å². The van der Waals surface area contributed by atoms with E-state index in [9.17, 15) is 19.5 Å². The number of dihydropyridines is 1. The van der Waals surface area contributed by atoms with Crippen LogP contribution in [0.2, 0.25) is 10.0 Å². The highest BCUT2D eigenvalue weighted by Crippen LogP contribution is 2.43. The maximum Gasteiger partial charge on any atom is 0.336 e. The summed E-state index contributed by atoms with van der Waals surface area (Å²) in [4.78, 5) is 35.5. The number of carboxylic acid groups (broad SMARTS) is 1. The van der Waals surface area contributed by atoms with Crippen LogP contribution in [0.25, 0.3) is 0 Å². The van der Waals surface area contributed by atoms with Gasteiger partial charge in [-0.15, -0.1) is 0 Å². The molecule has 0 aromatic heterocycles. The Morgan fingerprint density at radius 3 is 2.29 bits per heavy atom. The number of hydrogen-bond donors (Lipinski definition) is 2. The summed E-state index contributed by atoms with van der Waals surface area (Å²) in [6.07, 6.45) is 0. The van der Waals surface area contributed by atoms with Gasteiger partial charge < -0.3 is 19.9 Å². The van der Waals surface area contributed by atoms with Crippen molar-refractivity contribution >= 4 is 41.1 Å². The summed E-state index contributed by atoms with van der Waals surface area (Å²) < 4.78 is 9.92. The number of aliphatic carboxylic acids is 1. The molecule has 1 atom stereocenters. The zero-order valence-corrected chi connectivity index (χ0v) is 17.0. The molecule has 7 nitrogen and oxygen atoms in total. The van der Waals surface area contributed by atoms with Gasteiger partial charge in [0.2, 0.25) is 0 Å². The lowest BCUT2D eigenvalue weighted by Crippen LogP contribution is -2.32. The Kier molecular flexibility index (Phi) is 7.10. The van der Waals surface area contributed by atoms with Crippen LogP contribution in [-0.2, 0) is 23.9 Å². The highest BCUT2D eigenvalue weighted by Gasteiger charge is 2.38. The molecule has 1 unspecified atom stereocenters. The van der Waals surface area contributed by atoms with Crippen molar-refractivity contribution in [1.29, 1.82) is 0 Å². The third-order valence-corrected chi connectivity index (χ3v) is 4.96. The maximum absolute atomic E-state index is 12.8. The summed E-state index contributed by atoms with van der Waals surface area (Å²) in [5.74, 6) is -3.43. The fraction of sp³-hybridized carbons (Fsp3) is 0.316. The van der Waals surface area contributed by atoms with E-state index in [1.165, 1.54) is 6.92 Å². The largest absolute Gasteiger partial charge is 0.478 e. The fourth-order valence-electron chi connectivity index (χ4n) is 3.00. The van der Waals surface area contributed by atoms with Gasteiger partial charge in [-0.3, -0.25) is 4.79 Å². The molecule has 1 aromatic rings. The second kappa shape index (κ2) is 9.12. The van der Waals surface area contributed by atoms with Gasteiger partial charge in [0.1, 0.15) is 13.2 Å². The lowest BCUT2D eigenvalue weighted by atomic mass is 9.80. The Labute approximate surface area is 171 Å². The van der Waals surface area contributed by atoms with Crippen LogP contribution in [0.1, 0.15) is 32.3 Å². The molecule has 1 aromatic carbocycles. The van der Waals surface area contributed by atoms with Crippen LogP contribution in [0.15, 0.2) is 40.7 Å². The second-order valence-corrected chi connectivity index (χ2v) is 6.84. The summed E-state index contributed by atoms with van der Waals surface area (Å²) in [7, 11) is 0. The third kappa shape index (κ3) is 4.66. The molecule has 0 radical (unpaired) electrons. The molecule has 0 spiro atoms. The fourth-order valence-corrected chi connectivity index (χ4v) is 3.42. The summed E-state index contributed by atoms with van der Waals surface area (Å²) in [6.45, 7) is 4.20. The van der Waals surface area contributed by atoms with E-state index in [1.54, 1.807) is 32.0 Å². The number of rotatable bonds is 6.